The predicted octanol–water partition coefficient (Wildman–Crippen LogP) is 7.41. The number of aliphatic hydroxyl groups excluding tert-OH is 1. The Kier molecular flexibility index (Phi) is 8.70. The first kappa shape index (κ1) is 27.2. The molecule has 0 spiro atoms. The molecule has 0 fully saturated rings. The van der Waals surface area contributed by atoms with E-state index in [1.807, 2.05) is 57.2 Å². The maximum Gasteiger partial charge on any atom is 0.131 e. The van der Waals surface area contributed by atoms with Gasteiger partial charge in [0.2, 0.25) is 0 Å². The van der Waals surface area contributed by atoms with Crippen molar-refractivity contribution in [3.63, 3.8) is 0 Å². The summed E-state index contributed by atoms with van der Waals surface area (Å²) in [6.45, 7) is 11.5. The minimum atomic E-state index is -0.925. The van der Waals surface area contributed by atoms with Crippen LogP contribution in [0.15, 0.2) is 73.3 Å². The monoisotopic (exact) mass is 490 g/mol. The van der Waals surface area contributed by atoms with Crippen LogP contribution in [0.2, 0.25) is 0 Å². The van der Waals surface area contributed by atoms with Crippen LogP contribution in [0.25, 0.3) is 11.1 Å². The van der Waals surface area contributed by atoms with Gasteiger partial charge in [0.05, 0.1) is 13.2 Å². The summed E-state index contributed by atoms with van der Waals surface area (Å²) in [5.74, 6) is 1.07. The van der Waals surface area contributed by atoms with Crippen LogP contribution in [0.1, 0.15) is 62.8 Å². The lowest BCUT2D eigenvalue weighted by Gasteiger charge is -2.29. The summed E-state index contributed by atoms with van der Waals surface area (Å²) >= 11 is 0. The predicted molar refractivity (Wildman–Crippen MR) is 142 cm³/mol. The zero-order chi connectivity index (χ0) is 26.5. The standard InChI is InChI=1S/C31H35FO4/c1-7-31(4,5)30(34)28-16-22(11-13-26(28)27-18-24(35-6)12-14-29(27)32)19-36-25-10-8-9-23(17-25)20(2)15-21(3)33/h7-14,16-18,20,30,34H,1,15,19H2,2-6H3/t20-,30-/m1/s1. The van der Waals surface area contributed by atoms with Crippen molar-refractivity contribution in [1.82, 2.24) is 0 Å². The summed E-state index contributed by atoms with van der Waals surface area (Å²) in [5.41, 5.74) is 2.73. The van der Waals surface area contributed by atoms with Crippen molar-refractivity contribution in [3.8, 4) is 22.6 Å². The molecule has 3 aromatic rings. The Morgan fingerprint density at radius 3 is 2.50 bits per heavy atom. The molecule has 0 heterocycles. The summed E-state index contributed by atoms with van der Waals surface area (Å²) in [7, 11) is 1.53. The van der Waals surface area contributed by atoms with E-state index in [1.165, 1.54) is 13.2 Å². The van der Waals surface area contributed by atoms with E-state index in [9.17, 15) is 14.3 Å². The fourth-order valence-electron chi connectivity index (χ4n) is 4.15. The molecule has 4 nitrogen and oxygen atoms in total. The molecule has 0 aliphatic carbocycles. The minimum absolute atomic E-state index is 0.103. The number of hydrogen-bond donors (Lipinski definition) is 1. The smallest absolute Gasteiger partial charge is 0.131 e. The van der Waals surface area contributed by atoms with Crippen molar-refractivity contribution in [2.24, 2.45) is 5.41 Å². The molecular weight excluding hydrogens is 455 g/mol. The van der Waals surface area contributed by atoms with Gasteiger partial charge < -0.3 is 19.4 Å². The van der Waals surface area contributed by atoms with Crippen LogP contribution in [0, 0.1) is 11.2 Å². The van der Waals surface area contributed by atoms with Gasteiger partial charge in [0.1, 0.15) is 29.7 Å². The molecule has 190 valence electrons. The van der Waals surface area contributed by atoms with E-state index < -0.39 is 17.3 Å². The summed E-state index contributed by atoms with van der Waals surface area (Å²) in [6.07, 6.45) is 1.25. The number of ether oxygens (including phenoxy) is 2. The second-order valence-corrected chi connectivity index (χ2v) is 9.86. The highest BCUT2D eigenvalue weighted by Gasteiger charge is 2.29. The van der Waals surface area contributed by atoms with Crippen LogP contribution in [-0.2, 0) is 11.4 Å². The number of Topliss-reactive ketones (excluding diaryl/α,β-unsaturated/α-hetero) is 1. The number of carbonyl (C=O) groups excluding carboxylic acids is 1. The molecule has 36 heavy (non-hydrogen) atoms. The van der Waals surface area contributed by atoms with Gasteiger partial charge in [0.15, 0.2) is 0 Å². The van der Waals surface area contributed by atoms with Crippen LogP contribution in [0.4, 0.5) is 4.39 Å². The number of rotatable bonds is 11. The van der Waals surface area contributed by atoms with Gasteiger partial charge in [0.25, 0.3) is 0 Å². The highest BCUT2D eigenvalue weighted by Crippen LogP contribution is 2.41. The Balaban J connectivity index is 1.95. The summed E-state index contributed by atoms with van der Waals surface area (Å²) in [4.78, 5) is 11.5. The molecular formula is C31H35FO4. The van der Waals surface area contributed by atoms with E-state index in [-0.39, 0.29) is 18.3 Å². The highest BCUT2D eigenvalue weighted by atomic mass is 19.1. The third-order valence-corrected chi connectivity index (χ3v) is 6.53. The Hall–Kier alpha value is -3.44. The van der Waals surface area contributed by atoms with Gasteiger partial charge in [-0.15, -0.1) is 6.58 Å². The minimum Gasteiger partial charge on any atom is -0.497 e. The van der Waals surface area contributed by atoms with Crippen LogP contribution in [0.5, 0.6) is 11.5 Å². The van der Waals surface area contributed by atoms with Crippen LogP contribution in [0.3, 0.4) is 0 Å². The fraction of sp³-hybridized carbons (Fsp3) is 0.323. The van der Waals surface area contributed by atoms with Crippen molar-refractivity contribution in [1.29, 1.82) is 0 Å². The molecule has 1 N–H and O–H groups in total. The number of halogens is 1. The van der Waals surface area contributed by atoms with Gasteiger partial charge >= 0.3 is 0 Å². The molecule has 0 aliphatic heterocycles. The molecule has 3 aromatic carbocycles. The van der Waals surface area contributed by atoms with Gasteiger partial charge in [0, 0.05) is 17.4 Å². The largest absolute Gasteiger partial charge is 0.497 e. The third kappa shape index (κ3) is 6.41. The summed E-state index contributed by atoms with van der Waals surface area (Å²) in [5, 5.41) is 11.3. The highest BCUT2D eigenvalue weighted by molar-refractivity contribution is 5.76. The first-order valence-electron chi connectivity index (χ1n) is 12.1. The molecule has 0 aromatic heterocycles. The Morgan fingerprint density at radius 2 is 1.83 bits per heavy atom. The number of hydrogen-bond acceptors (Lipinski definition) is 4. The SMILES string of the molecule is C=CC(C)(C)[C@H](O)c1cc(COc2cccc([C@H](C)CC(C)=O)c2)ccc1-c1cc(OC)ccc1F. The van der Waals surface area contributed by atoms with Crippen molar-refractivity contribution in [2.75, 3.05) is 7.11 Å². The van der Waals surface area contributed by atoms with Crippen LogP contribution in [-0.4, -0.2) is 18.0 Å². The molecule has 0 bridgehead atoms. The summed E-state index contributed by atoms with van der Waals surface area (Å²) in [6, 6.07) is 17.8. The lowest BCUT2D eigenvalue weighted by atomic mass is 9.79. The maximum absolute atomic E-state index is 14.9. The van der Waals surface area contributed by atoms with Crippen LogP contribution >= 0.6 is 0 Å². The van der Waals surface area contributed by atoms with Gasteiger partial charge in [-0.25, -0.2) is 4.39 Å². The number of carbonyl (C=O) groups is 1. The van der Waals surface area contributed by atoms with Crippen molar-refractivity contribution in [2.45, 2.75) is 52.7 Å². The first-order valence-corrected chi connectivity index (χ1v) is 12.1. The van der Waals surface area contributed by atoms with E-state index in [2.05, 4.69) is 6.58 Å². The second kappa shape index (κ2) is 11.5. The quantitative estimate of drug-likeness (QED) is 0.284. The van der Waals surface area contributed by atoms with Crippen molar-refractivity contribution >= 4 is 5.78 Å². The molecule has 0 radical (unpaired) electrons. The molecule has 5 heteroatoms. The van der Waals surface area contributed by atoms with E-state index in [0.717, 1.165) is 11.1 Å². The lowest BCUT2D eigenvalue weighted by molar-refractivity contribution is -0.117. The van der Waals surface area contributed by atoms with Gasteiger partial charge in [-0.2, -0.15) is 0 Å². The van der Waals surface area contributed by atoms with Gasteiger partial charge in [-0.1, -0.05) is 51.1 Å². The average Bonchev–Trinajstić information content (AvgIpc) is 2.87. The van der Waals surface area contributed by atoms with Crippen molar-refractivity contribution < 1.29 is 23.8 Å². The zero-order valence-electron chi connectivity index (χ0n) is 21.7. The molecule has 0 saturated carbocycles. The lowest BCUT2D eigenvalue weighted by Crippen LogP contribution is -2.20. The third-order valence-electron chi connectivity index (χ3n) is 6.53. The van der Waals surface area contributed by atoms with Gasteiger partial charge in [-0.3, -0.25) is 0 Å². The van der Waals surface area contributed by atoms with E-state index in [0.29, 0.717) is 34.6 Å². The second-order valence-electron chi connectivity index (χ2n) is 9.86. The number of ketones is 1. The van der Waals surface area contributed by atoms with Gasteiger partial charge in [-0.05, 0) is 71.5 Å². The topological polar surface area (TPSA) is 55.8 Å². The zero-order valence-corrected chi connectivity index (χ0v) is 21.7. The fourth-order valence-corrected chi connectivity index (χ4v) is 4.15. The molecule has 0 amide bonds. The Bertz CT molecular complexity index is 1230. The Labute approximate surface area is 213 Å². The van der Waals surface area contributed by atoms with Crippen molar-refractivity contribution in [3.05, 3.63) is 95.8 Å². The molecule has 2 atom stereocenters. The number of aliphatic hydroxyl groups is 1. The number of benzene rings is 3. The molecule has 0 unspecified atom stereocenters. The molecule has 0 aliphatic rings. The normalized spacial score (nSPS) is 13.1. The van der Waals surface area contributed by atoms with E-state index in [1.54, 1.807) is 31.2 Å². The maximum atomic E-state index is 14.9. The van der Waals surface area contributed by atoms with E-state index in [4.69, 9.17) is 9.47 Å². The first-order chi connectivity index (χ1) is 17.1. The van der Waals surface area contributed by atoms with E-state index >= 15 is 0 Å². The molecule has 3 rings (SSSR count). The Morgan fingerprint density at radius 1 is 1.08 bits per heavy atom. The summed E-state index contributed by atoms with van der Waals surface area (Å²) < 4.78 is 26.2. The molecule has 0 saturated heterocycles. The average molecular weight is 491 g/mol. The van der Waals surface area contributed by atoms with Crippen LogP contribution < -0.4 is 9.47 Å². The number of methoxy groups -OCH3 is 1.